The second-order valence-corrected chi connectivity index (χ2v) is 11.0. The Labute approximate surface area is 244 Å². The molecule has 3 aromatic carbocycles. The molecule has 0 saturated carbocycles. The first-order chi connectivity index (χ1) is 20.0. The summed E-state index contributed by atoms with van der Waals surface area (Å²) < 4.78 is 6.25. The zero-order valence-electron chi connectivity index (χ0n) is 24.4. The van der Waals surface area contributed by atoms with Gasteiger partial charge in [0.2, 0.25) is 5.91 Å². The maximum atomic E-state index is 12.9. The number of nitrogens with zero attached hydrogens (tertiary/aromatic N) is 3. The van der Waals surface area contributed by atoms with E-state index in [0.29, 0.717) is 26.4 Å². The summed E-state index contributed by atoms with van der Waals surface area (Å²) >= 11 is 0. The van der Waals surface area contributed by atoms with Gasteiger partial charge in [-0.3, -0.25) is 9.59 Å². The van der Waals surface area contributed by atoms with E-state index >= 15 is 0 Å². The number of likely N-dealkylation sites (tertiary alicyclic amines) is 1. The van der Waals surface area contributed by atoms with E-state index in [4.69, 9.17) is 4.74 Å². The summed E-state index contributed by atoms with van der Waals surface area (Å²) in [7, 11) is 0. The van der Waals surface area contributed by atoms with E-state index in [1.807, 2.05) is 79.4 Å². The largest absolute Gasteiger partial charge is 0.493 e. The van der Waals surface area contributed by atoms with Crippen molar-refractivity contribution in [2.24, 2.45) is 0 Å². The average molecular weight is 555 g/mol. The number of hydrogen-bond donors (Lipinski definition) is 1. The molecule has 2 aliphatic rings. The smallest absolute Gasteiger partial charge is 0.253 e. The molecule has 3 aromatic rings. The van der Waals surface area contributed by atoms with Gasteiger partial charge in [-0.05, 0) is 74.6 Å². The standard InChI is InChI=1S/C34H42N4O3/c1-3-37(4-2)32(39)28-17-15-27(16-18-28)25-29-11-8-9-14-31(29)41-24-10-21-36-22-19-34(20-23-36)33(40)35-26-38(34)30-12-6-5-7-13-30/h5-9,11-18H,3-4,10,19-26H2,1-2H3,(H,35,40). The first-order valence-electron chi connectivity index (χ1n) is 15.0. The average Bonchev–Trinajstić information content (AvgIpc) is 3.33. The first kappa shape index (κ1) is 28.7. The van der Waals surface area contributed by atoms with Gasteiger partial charge in [0, 0.05) is 50.4 Å². The minimum absolute atomic E-state index is 0.0780. The molecule has 41 heavy (non-hydrogen) atoms. The lowest BCUT2D eigenvalue weighted by molar-refractivity contribution is -0.125. The van der Waals surface area contributed by atoms with Crippen molar-refractivity contribution in [3.63, 3.8) is 0 Å². The van der Waals surface area contributed by atoms with Gasteiger partial charge in [0.15, 0.2) is 0 Å². The lowest BCUT2D eigenvalue weighted by atomic mass is 9.85. The number of ether oxygens (including phenoxy) is 1. The second-order valence-electron chi connectivity index (χ2n) is 11.0. The maximum Gasteiger partial charge on any atom is 0.253 e. The minimum Gasteiger partial charge on any atom is -0.493 e. The minimum atomic E-state index is -0.440. The van der Waals surface area contributed by atoms with E-state index in [1.54, 1.807) is 0 Å². The summed E-state index contributed by atoms with van der Waals surface area (Å²) in [4.78, 5) is 32.1. The van der Waals surface area contributed by atoms with Gasteiger partial charge in [0.05, 0.1) is 13.3 Å². The Morgan fingerprint density at radius 1 is 0.927 bits per heavy atom. The molecule has 7 nitrogen and oxygen atoms in total. The number of para-hydroxylation sites is 2. The molecule has 0 bridgehead atoms. The number of nitrogens with one attached hydrogen (secondary N) is 1. The molecular formula is C34H42N4O3. The fourth-order valence-corrected chi connectivity index (χ4v) is 6.12. The van der Waals surface area contributed by atoms with Crippen LogP contribution in [0.3, 0.4) is 0 Å². The third kappa shape index (κ3) is 6.41. The third-order valence-corrected chi connectivity index (χ3v) is 8.58. The molecule has 2 amide bonds. The van der Waals surface area contributed by atoms with Crippen molar-refractivity contribution in [1.82, 2.24) is 15.1 Å². The summed E-state index contributed by atoms with van der Waals surface area (Å²) in [6.45, 7) is 9.41. The fourth-order valence-electron chi connectivity index (χ4n) is 6.12. The Hall–Kier alpha value is -3.84. The Bertz CT molecular complexity index is 1300. The van der Waals surface area contributed by atoms with Gasteiger partial charge in [-0.2, -0.15) is 0 Å². The number of rotatable bonds is 11. The van der Waals surface area contributed by atoms with Gasteiger partial charge in [-0.15, -0.1) is 0 Å². The molecule has 2 saturated heterocycles. The Balaban J connectivity index is 1.10. The van der Waals surface area contributed by atoms with Gasteiger partial charge in [0.25, 0.3) is 5.91 Å². The number of carbonyl (C=O) groups is 2. The molecule has 0 atom stereocenters. The van der Waals surface area contributed by atoms with Crippen LogP contribution >= 0.6 is 0 Å². The Morgan fingerprint density at radius 2 is 1.61 bits per heavy atom. The Kier molecular flexibility index (Phi) is 9.24. The van der Waals surface area contributed by atoms with Crippen LogP contribution < -0.4 is 15.0 Å². The van der Waals surface area contributed by atoms with E-state index in [9.17, 15) is 9.59 Å². The van der Waals surface area contributed by atoms with E-state index < -0.39 is 5.54 Å². The topological polar surface area (TPSA) is 65.1 Å². The van der Waals surface area contributed by atoms with E-state index in [2.05, 4.69) is 33.3 Å². The predicted octanol–water partition coefficient (Wildman–Crippen LogP) is 4.96. The number of hydrogen-bond acceptors (Lipinski definition) is 5. The lowest BCUT2D eigenvalue weighted by Gasteiger charge is -2.43. The van der Waals surface area contributed by atoms with Gasteiger partial charge >= 0.3 is 0 Å². The molecule has 5 rings (SSSR count). The van der Waals surface area contributed by atoms with Crippen LogP contribution in [0.1, 0.15) is 54.6 Å². The highest BCUT2D eigenvalue weighted by Crippen LogP contribution is 2.36. The van der Waals surface area contributed by atoms with Crippen LogP contribution in [-0.4, -0.2) is 73.2 Å². The van der Waals surface area contributed by atoms with Gasteiger partial charge in [-0.1, -0.05) is 48.5 Å². The predicted molar refractivity (Wildman–Crippen MR) is 163 cm³/mol. The fraction of sp³-hybridized carbons (Fsp3) is 0.412. The van der Waals surface area contributed by atoms with Crippen LogP contribution in [0.4, 0.5) is 5.69 Å². The molecule has 216 valence electrons. The summed E-state index contributed by atoms with van der Waals surface area (Å²) in [5.74, 6) is 1.15. The van der Waals surface area contributed by atoms with Crippen molar-refractivity contribution in [2.45, 2.75) is 45.1 Å². The summed E-state index contributed by atoms with van der Waals surface area (Å²) in [5.41, 5.74) is 3.69. The van der Waals surface area contributed by atoms with E-state index in [0.717, 1.165) is 73.4 Å². The zero-order chi connectivity index (χ0) is 28.7. The monoisotopic (exact) mass is 554 g/mol. The molecule has 0 aromatic heterocycles. The van der Waals surface area contributed by atoms with Crippen LogP contribution in [0.15, 0.2) is 78.9 Å². The molecule has 0 aliphatic carbocycles. The van der Waals surface area contributed by atoms with Crippen LogP contribution in [0, 0.1) is 0 Å². The van der Waals surface area contributed by atoms with Crippen LogP contribution in [0.25, 0.3) is 0 Å². The molecule has 2 fully saturated rings. The van der Waals surface area contributed by atoms with E-state index in [-0.39, 0.29) is 11.8 Å². The number of piperidine rings is 1. The van der Waals surface area contributed by atoms with Crippen molar-refractivity contribution in [2.75, 3.05) is 50.9 Å². The Morgan fingerprint density at radius 3 is 2.32 bits per heavy atom. The molecule has 0 radical (unpaired) electrons. The van der Waals surface area contributed by atoms with Crippen molar-refractivity contribution < 1.29 is 14.3 Å². The van der Waals surface area contributed by atoms with Crippen molar-refractivity contribution in [1.29, 1.82) is 0 Å². The summed E-state index contributed by atoms with van der Waals surface area (Å²) in [6.07, 6.45) is 3.34. The van der Waals surface area contributed by atoms with Crippen LogP contribution in [0.5, 0.6) is 5.75 Å². The molecule has 2 heterocycles. The molecule has 7 heteroatoms. The number of carbonyl (C=O) groups excluding carboxylic acids is 2. The molecule has 1 spiro atoms. The highest BCUT2D eigenvalue weighted by Gasteiger charge is 2.50. The number of anilines is 1. The molecule has 0 unspecified atom stereocenters. The van der Waals surface area contributed by atoms with Crippen molar-refractivity contribution in [3.8, 4) is 5.75 Å². The summed E-state index contributed by atoms with van der Waals surface area (Å²) in [5, 5.41) is 3.08. The molecule has 2 aliphatic heterocycles. The van der Waals surface area contributed by atoms with Crippen molar-refractivity contribution >= 4 is 17.5 Å². The van der Waals surface area contributed by atoms with E-state index in [1.165, 1.54) is 0 Å². The van der Waals surface area contributed by atoms with Crippen LogP contribution in [-0.2, 0) is 11.2 Å². The maximum absolute atomic E-state index is 12.9. The van der Waals surface area contributed by atoms with Gasteiger partial charge < -0.3 is 24.8 Å². The highest BCUT2D eigenvalue weighted by atomic mass is 16.5. The second kappa shape index (κ2) is 13.2. The van der Waals surface area contributed by atoms with Gasteiger partial charge in [-0.25, -0.2) is 0 Å². The quantitative estimate of drug-likeness (QED) is 0.340. The summed E-state index contributed by atoms with van der Waals surface area (Å²) in [6, 6.07) is 26.4. The lowest BCUT2D eigenvalue weighted by Crippen LogP contribution is -2.56. The highest BCUT2D eigenvalue weighted by molar-refractivity contribution is 5.94. The number of benzene rings is 3. The van der Waals surface area contributed by atoms with Crippen molar-refractivity contribution in [3.05, 3.63) is 95.6 Å². The zero-order valence-corrected chi connectivity index (χ0v) is 24.4. The normalized spacial score (nSPS) is 16.5. The SMILES string of the molecule is CCN(CC)C(=O)c1ccc(Cc2ccccc2OCCCN2CCC3(CC2)C(=O)NCN3c2ccccc2)cc1. The van der Waals surface area contributed by atoms with Gasteiger partial charge in [0.1, 0.15) is 11.3 Å². The van der Waals surface area contributed by atoms with Crippen LogP contribution in [0.2, 0.25) is 0 Å². The first-order valence-corrected chi connectivity index (χ1v) is 15.0. The number of amides is 2. The molecule has 1 N–H and O–H groups in total. The third-order valence-electron chi connectivity index (χ3n) is 8.58. The molecular weight excluding hydrogens is 512 g/mol.